The Labute approximate surface area is 224 Å². The molecule has 2 aromatic rings. The predicted molar refractivity (Wildman–Crippen MR) is 152 cm³/mol. The maximum Gasteiger partial charge on any atom is 0.255 e. The van der Waals surface area contributed by atoms with Crippen molar-refractivity contribution in [3.63, 3.8) is 0 Å². The molecular formula is C22H27B5ClF2NO5S. The van der Waals surface area contributed by atoms with E-state index in [1.54, 1.807) is 7.85 Å². The molecule has 0 radical (unpaired) electrons. The molecule has 0 aliphatic heterocycles. The highest BCUT2D eigenvalue weighted by atomic mass is 35.5. The lowest BCUT2D eigenvalue weighted by molar-refractivity contribution is -0.0992. The van der Waals surface area contributed by atoms with Gasteiger partial charge in [-0.05, 0) is 55.0 Å². The lowest BCUT2D eigenvalue weighted by atomic mass is 9.28. The van der Waals surface area contributed by atoms with Gasteiger partial charge in [0.25, 0.3) is 5.91 Å². The van der Waals surface area contributed by atoms with Crippen LogP contribution in [0.25, 0.3) is 0 Å². The van der Waals surface area contributed by atoms with Crippen molar-refractivity contribution in [3.8, 4) is 0 Å². The minimum Gasteiger partial charge on any atom is -0.393 e. The third kappa shape index (κ3) is 4.10. The van der Waals surface area contributed by atoms with Gasteiger partial charge in [-0.15, -0.1) is 0 Å². The van der Waals surface area contributed by atoms with Gasteiger partial charge in [-0.2, -0.15) is 0 Å². The van der Waals surface area contributed by atoms with Crippen molar-refractivity contribution >= 4 is 72.3 Å². The first kappa shape index (κ1) is 28.3. The summed E-state index contributed by atoms with van der Waals surface area (Å²) in [6, 6.07) is 6.73. The van der Waals surface area contributed by atoms with Crippen LogP contribution in [-0.4, -0.2) is 80.6 Å². The summed E-state index contributed by atoms with van der Waals surface area (Å²) in [5.41, 5.74) is -1.44. The molecular weight excluding hydrogens is 518 g/mol. The predicted octanol–water partition coefficient (Wildman–Crippen LogP) is -1.50. The lowest BCUT2D eigenvalue weighted by Crippen LogP contribution is -2.58. The van der Waals surface area contributed by atoms with Crippen molar-refractivity contribution in [2.45, 2.75) is 38.4 Å². The number of rotatable bonds is 5. The van der Waals surface area contributed by atoms with E-state index in [2.05, 4.69) is 5.32 Å². The fourth-order valence-corrected chi connectivity index (χ4v) is 8.87. The van der Waals surface area contributed by atoms with E-state index >= 15 is 0 Å². The topological polar surface area (TPSA) is 104 Å². The van der Waals surface area contributed by atoms with E-state index in [1.165, 1.54) is 24.3 Å². The molecule has 2 bridgehead atoms. The first-order valence-electron chi connectivity index (χ1n) is 12.1. The lowest BCUT2D eigenvalue weighted by Gasteiger charge is -2.49. The Bertz CT molecular complexity index is 1370. The summed E-state index contributed by atoms with van der Waals surface area (Å²) in [7, 11) is 5.47. The minimum atomic E-state index is -4.13. The number of fused-ring (bicyclic) bond motifs is 2. The Morgan fingerprint density at radius 2 is 1.57 bits per heavy atom. The Morgan fingerprint density at radius 3 is 2.08 bits per heavy atom. The van der Waals surface area contributed by atoms with E-state index in [1.807, 2.05) is 31.4 Å². The maximum absolute atomic E-state index is 14.1. The van der Waals surface area contributed by atoms with E-state index in [0.29, 0.717) is 0 Å². The molecule has 0 aromatic heterocycles. The Hall–Kier alpha value is -1.75. The van der Waals surface area contributed by atoms with Gasteiger partial charge in [0.05, 0.1) is 53.5 Å². The zero-order valence-electron chi connectivity index (χ0n) is 21.4. The van der Waals surface area contributed by atoms with E-state index in [0.717, 1.165) is 12.1 Å². The van der Waals surface area contributed by atoms with Crippen molar-refractivity contribution in [1.82, 2.24) is 0 Å². The van der Waals surface area contributed by atoms with Gasteiger partial charge in [-0.3, -0.25) is 4.79 Å². The van der Waals surface area contributed by atoms with E-state index in [9.17, 15) is 32.2 Å². The average Bonchev–Trinajstić information content (AvgIpc) is 2.87. The Balaban J connectivity index is 1.72. The van der Waals surface area contributed by atoms with Gasteiger partial charge in [-0.25, -0.2) is 17.2 Å². The number of halogens is 3. The summed E-state index contributed by atoms with van der Waals surface area (Å²) in [5.74, 6) is -3.92. The van der Waals surface area contributed by atoms with Crippen LogP contribution in [0.5, 0.6) is 0 Å². The van der Waals surface area contributed by atoms with Gasteiger partial charge in [-0.1, -0.05) is 22.0 Å². The molecule has 1 amide bonds. The molecule has 0 heterocycles. The number of benzene rings is 2. The van der Waals surface area contributed by atoms with Gasteiger partial charge in [0.2, 0.25) is 0 Å². The zero-order valence-corrected chi connectivity index (χ0v) is 23.0. The van der Waals surface area contributed by atoms with Crippen molar-refractivity contribution in [3.05, 3.63) is 58.6 Å². The summed E-state index contributed by atoms with van der Waals surface area (Å²) in [6.07, 6.45) is 0.196. The molecule has 2 saturated carbocycles. The highest BCUT2D eigenvalue weighted by Gasteiger charge is 2.71. The first-order chi connectivity index (χ1) is 16.9. The van der Waals surface area contributed by atoms with Crippen LogP contribution in [0.2, 0.25) is 15.5 Å². The average molecular weight is 545 g/mol. The highest BCUT2D eigenvalue weighted by molar-refractivity contribution is 7.94. The van der Waals surface area contributed by atoms with Crippen LogP contribution in [0.15, 0.2) is 41.3 Å². The fourth-order valence-electron chi connectivity index (χ4n) is 6.53. The van der Waals surface area contributed by atoms with Crippen LogP contribution < -0.4 is 5.32 Å². The molecule has 0 spiro atoms. The van der Waals surface area contributed by atoms with Gasteiger partial charge >= 0.3 is 0 Å². The molecule has 37 heavy (non-hydrogen) atoms. The van der Waals surface area contributed by atoms with Crippen molar-refractivity contribution in [2.24, 2.45) is 11.8 Å². The molecule has 2 fully saturated rings. The van der Waals surface area contributed by atoms with Crippen LogP contribution in [0, 0.1) is 23.5 Å². The molecule has 4 atom stereocenters. The second kappa shape index (κ2) is 8.90. The molecule has 2 aliphatic rings. The van der Waals surface area contributed by atoms with Gasteiger partial charge in [0, 0.05) is 22.0 Å². The Morgan fingerprint density at radius 1 is 1.00 bits per heavy atom. The Kier molecular flexibility index (Phi) is 6.80. The standard InChI is InChI=1S/C22H27B5ClF2NO5S/c23-19(7-16-20(34,9-32)17(8-19)22(26,27)21(16,24)25)37(35,36)15-5-10(1-3-12(15)28)18(33)31-11-2-4-13(29)14(30)6-11/h1-6,16-17,32,34H,7-9,23-27H2,(H,31,33)/t16-,17+,19-,20-. The number of carbonyl (C=O) groups excluding carboxylic acids is 1. The molecule has 15 heteroatoms. The normalized spacial score (nSPS) is 30.1. The first-order valence-corrected chi connectivity index (χ1v) is 13.9. The number of aliphatic hydroxyl groups is 2. The number of carbonyl (C=O) groups is 1. The number of anilines is 1. The number of nitrogens with one attached hydrogen (secondary N) is 1. The third-order valence-electron chi connectivity index (χ3n) is 9.44. The van der Waals surface area contributed by atoms with Crippen molar-refractivity contribution in [2.75, 3.05) is 11.9 Å². The maximum atomic E-state index is 14.1. The van der Waals surface area contributed by atoms with E-state index in [4.69, 9.17) is 11.6 Å². The van der Waals surface area contributed by atoms with Crippen LogP contribution in [-0.2, 0) is 9.84 Å². The van der Waals surface area contributed by atoms with Crippen LogP contribution >= 0.6 is 11.6 Å². The molecule has 2 aromatic carbocycles. The monoisotopic (exact) mass is 545 g/mol. The summed E-state index contributed by atoms with van der Waals surface area (Å²) in [5, 5.41) is 23.1. The second-order valence-corrected chi connectivity index (χ2v) is 14.6. The largest absolute Gasteiger partial charge is 0.393 e. The van der Waals surface area contributed by atoms with Gasteiger partial charge < -0.3 is 15.5 Å². The molecule has 4 rings (SSSR count). The highest BCUT2D eigenvalue weighted by Crippen LogP contribution is 2.72. The van der Waals surface area contributed by atoms with E-state index in [-0.39, 0.29) is 34.0 Å². The summed E-state index contributed by atoms with van der Waals surface area (Å²) in [4.78, 5) is 12.6. The molecule has 0 unspecified atom stereocenters. The summed E-state index contributed by atoms with van der Waals surface area (Å²) < 4.78 is 53.7. The number of hydrogen-bond acceptors (Lipinski definition) is 5. The number of amides is 1. The van der Waals surface area contributed by atoms with Crippen LogP contribution in [0.3, 0.4) is 0 Å². The molecule has 2 aliphatic carbocycles. The van der Waals surface area contributed by atoms with Gasteiger partial charge in [0.1, 0.15) is 7.85 Å². The smallest absolute Gasteiger partial charge is 0.255 e. The van der Waals surface area contributed by atoms with Gasteiger partial charge in [0.15, 0.2) is 21.5 Å². The fraction of sp³-hybridized carbons (Fsp3) is 0.409. The molecule has 6 nitrogen and oxygen atoms in total. The number of aliphatic hydroxyl groups excluding tert-OH is 1. The second-order valence-electron chi connectivity index (χ2n) is 11.8. The number of sulfone groups is 1. The molecule has 3 N–H and O–H groups in total. The molecule has 192 valence electrons. The zero-order chi connectivity index (χ0) is 27.8. The summed E-state index contributed by atoms with van der Waals surface area (Å²) >= 11 is 6.36. The summed E-state index contributed by atoms with van der Waals surface area (Å²) in [6.45, 7) is -0.467. The number of hydrogen-bond donors (Lipinski definition) is 3. The third-order valence-corrected chi connectivity index (χ3v) is 12.4. The van der Waals surface area contributed by atoms with Crippen LogP contribution in [0.4, 0.5) is 14.5 Å². The molecule has 0 saturated heterocycles. The van der Waals surface area contributed by atoms with Crippen molar-refractivity contribution in [1.29, 1.82) is 0 Å². The van der Waals surface area contributed by atoms with Crippen LogP contribution in [0.1, 0.15) is 23.2 Å². The minimum absolute atomic E-state index is 0.00632. The quantitative estimate of drug-likeness (QED) is 0.398. The van der Waals surface area contributed by atoms with E-state index < -0.39 is 66.5 Å². The SMILES string of the molecule is BC1(B)[C@H]2C[C@](B)(S(=O)(=O)c3cc(C(=O)Nc4ccc(F)c(F)c4)ccc3Cl)C[C@@H](C1(B)B)[C@]2(O)CO. The van der Waals surface area contributed by atoms with Crippen molar-refractivity contribution < 1.29 is 32.2 Å².